The summed E-state index contributed by atoms with van der Waals surface area (Å²) in [5, 5.41) is 2.42. The van der Waals surface area contributed by atoms with E-state index in [1.807, 2.05) is 0 Å². The van der Waals surface area contributed by atoms with Crippen molar-refractivity contribution >= 4 is 23.3 Å². The first-order chi connectivity index (χ1) is 12.4. The predicted octanol–water partition coefficient (Wildman–Crippen LogP) is 2.76. The van der Waals surface area contributed by atoms with Crippen LogP contribution in [0.5, 0.6) is 5.75 Å². The van der Waals surface area contributed by atoms with Gasteiger partial charge in [0.1, 0.15) is 11.6 Å². The molecule has 1 amide bonds. The Balaban J connectivity index is 1.93. The molecule has 2 aromatic carbocycles. The van der Waals surface area contributed by atoms with Gasteiger partial charge in [0.2, 0.25) is 0 Å². The third-order valence-electron chi connectivity index (χ3n) is 3.49. The topological polar surface area (TPSA) is 81.7 Å². The molecule has 0 aliphatic rings. The van der Waals surface area contributed by atoms with Gasteiger partial charge in [-0.3, -0.25) is 14.4 Å². The molecule has 7 heteroatoms. The predicted molar refractivity (Wildman–Crippen MR) is 92.7 cm³/mol. The Morgan fingerprint density at radius 3 is 2.54 bits per heavy atom. The number of halogens is 1. The van der Waals surface area contributed by atoms with Gasteiger partial charge in [-0.25, -0.2) is 4.39 Å². The zero-order valence-electron chi connectivity index (χ0n) is 14.4. The van der Waals surface area contributed by atoms with Crippen molar-refractivity contribution in [1.82, 2.24) is 0 Å². The Morgan fingerprint density at radius 1 is 1.12 bits per heavy atom. The summed E-state index contributed by atoms with van der Waals surface area (Å²) < 4.78 is 23.1. The number of carbonyl (C=O) groups excluding carboxylic acids is 3. The van der Waals surface area contributed by atoms with Crippen LogP contribution in [0, 0.1) is 5.82 Å². The van der Waals surface area contributed by atoms with E-state index in [0.717, 1.165) is 6.07 Å². The lowest BCUT2D eigenvalue weighted by molar-refractivity contribution is -0.146. The van der Waals surface area contributed by atoms with Gasteiger partial charge in [0.25, 0.3) is 5.91 Å². The summed E-state index contributed by atoms with van der Waals surface area (Å²) in [6.07, 6.45) is -0.155. The van der Waals surface area contributed by atoms with Crippen LogP contribution in [-0.4, -0.2) is 31.4 Å². The van der Waals surface area contributed by atoms with Crippen molar-refractivity contribution in [2.24, 2.45) is 0 Å². The van der Waals surface area contributed by atoms with E-state index in [9.17, 15) is 18.8 Å². The van der Waals surface area contributed by atoms with Gasteiger partial charge in [-0.15, -0.1) is 0 Å². The first-order valence-corrected chi connectivity index (χ1v) is 7.78. The summed E-state index contributed by atoms with van der Waals surface area (Å²) in [6.45, 7) is 0.907. The maximum atomic E-state index is 13.1. The number of amides is 1. The molecule has 136 valence electrons. The highest BCUT2D eigenvalue weighted by Gasteiger charge is 2.14. The summed E-state index contributed by atoms with van der Waals surface area (Å²) >= 11 is 0. The third-order valence-corrected chi connectivity index (χ3v) is 3.49. The molecule has 2 rings (SSSR count). The second kappa shape index (κ2) is 8.75. The lowest BCUT2D eigenvalue weighted by Crippen LogP contribution is -2.21. The number of anilines is 1. The van der Waals surface area contributed by atoms with Crippen LogP contribution in [0.4, 0.5) is 10.1 Å². The minimum Gasteiger partial charge on any atom is -0.496 e. The number of ether oxygens (including phenoxy) is 2. The number of hydrogen-bond acceptors (Lipinski definition) is 5. The SMILES string of the molecule is COc1ccc(C(C)=O)cc1CC(=O)OCC(=O)Nc1cccc(F)c1. The average Bonchev–Trinajstić information content (AvgIpc) is 2.60. The fourth-order valence-corrected chi connectivity index (χ4v) is 2.25. The number of carbonyl (C=O) groups is 3. The number of nitrogens with one attached hydrogen (secondary N) is 1. The van der Waals surface area contributed by atoms with E-state index in [2.05, 4.69) is 5.32 Å². The van der Waals surface area contributed by atoms with Crippen molar-refractivity contribution < 1.29 is 28.2 Å². The second-order valence-corrected chi connectivity index (χ2v) is 5.48. The molecule has 0 atom stereocenters. The lowest BCUT2D eigenvalue weighted by Gasteiger charge is -2.10. The highest BCUT2D eigenvalue weighted by atomic mass is 19.1. The molecule has 2 aromatic rings. The first-order valence-electron chi connectivity index (χ1n) is 7.78. The Morgan fingerprint density at radius 2 is 1.88 bits per heavy atom. The number of rotatable bonds is 7. The van der Waals surface area contributed by atoms with E-state index < -0.39 is 24.3 Å². The monoisotopic (exact) mass is 359 g/mol. The molecular formula is C19H18FNO5. The van der Waals surface area contributed by atoms with Gasteiger partial charge in [0, 0.05) is 16.8 Å². The average molecular weight is 359 g/mol. The number of ketones is 1. The number of esters is 1. The van der Waals surface area contributed by atoms with E-state index in [-0.39, 0.29) is 17.9 Å². The van der Waals surface area contributed by atoms with E-state index in [0.29, 0.717) is 16.9 Å². The van der Waals surface area contributed by atoms with Crippen molar-refractivity contribution in [2.75, 3.05) is 19.0 Å². The normalized spacial score (nSPS) is 10.1. The molecule has 0 radical (unpaired) electrons. The van der Waals surface area contributed by atoms with Crippen LogP contribution in [0.2, 0.25) is 0 Å². The van der Waals surface area contributed by atoms with Crippen molar-refractivity contribution in [3.63, 3.8) is 0 Å². The summed E-state index contributed by atoms with van der Waals surface area (Å²) in [4.78, 5) is 35.2. The minimum atomic E-state index is -0.654. The summed E-state index contributed by atoms with van der Waals surface area (Å²) in [6, 6.07) is 10.1. The summed E-state index contributed by atoms with van der Waals surface area (Å²) in [5.74, 6) is -1.43. The number of benzene rings is 2. The highest BCUT2D eigenvalue weighted by Crippen LogP contribution is 2.21. The van der Waals surface area contributed by atoms with Crippen LogP contribution in [0.3, 0.4) is 0 Å². The zero-order valence-corrected chi connectivity index (χ0v) is 14.4. The molecule has 0 spiro atoms. The standard InChI is InChI=1S/C19H18FNO5/c1-12(22)13-6-7-17(25-2)14(8-13)9-19(24)26-11-18(23)21-16-5-3-4-15(20)10-16/h3-8,10H,9,11H2,1-2H3,(H,21,23). The molecule has 0 saturated carbocycles. The maximum absolute atomic E-state index is 13.1. The molecule has 0 heterocycles. The molecule has 6 nitrogen and oxygen atoms in total. The summed E-state index contributed by atoms with van der Waals surface area (Å²) in [5.41, 5.74) is 1.19. The number of Topliss-reactive ketones (excluding diaryl/α,β-unsaturated/α-hetero) is 1. The Kier molecular flexibility index (Phi) is 6.43. The van der Waals surface area contributed by atoms with Gasteiger partial charge >= 0.3 is 5.97 Å². The summed E-state index contributed by atoms with van der Waals surface area (Å²) in [7, 11) is 1.45. The van der Waals surface area contributed by atoms with Crippen molar-refractivity contribution in [1.29, 1.82) is 0 Å². The molecule has 1 N–H and O–H groups in total. The quantitative estimate of drug-likeness (QED) is 0.607. The van der Waals surface area contributed by atoms with Gasteiger partial charge in [-0.05, 0) is 43.3 Å². The van der Waals surface area contributed by atoms with Crippen molar-refractivity contribution in [3.05, 3.63) is 59.4 Å². The largest absolute Gasteiger partial charge is 0.496 e. The second-order valence-electron chi connectivity index (χ2n) is 5.48. The molecule has 0 aliphatic heterocycles. The van der Waals surface area contributed by atoms with Crippen molar-refractivity contribution in [3.8, 4) is 5.75 Å². The molecule has 26 heavy (non-hydrogen) atoms. The van der Waals surface area contributed by atoms with Crippen molar-refractivity contribution in [2.45, 2.75) is 13.3 Å². The van der Waals surface area contributed by atoms with Gasteiger partial charge < -0.3 is 14.8 Å². The van der Waals surface area contributed by atoms with E-state index >= 15 is 0 Å². The zero-order chi connectivity index (χ0) is 19.1. The molecule has 0 bridgehead atoms. The molecule has 0 unspecified atom stereocenters. The van der Waals surface area contributed by atoms with E-state index in [1.165, 1.54) is 32.2 Å². The molecule has 0 saturated heterocycles. The van der Waals surface area contributed by atoms with Gasteiger partial charge in [-0.1, -0.05) is 6.07 Å². The third kappa shape index (κ3) is 5.41. The lowest BCUT2D eigenvalue weighted by atomic mass is 10.0. The highest BCUT2D eigenvalue weighted by molar-refractivity contribution is 5.95. The van der Waals surface area contributed by atoms with E-state index in [4.69, 9.17) is 9.47 Å². The van der Waals surface area contributed by atoms with Gasteiger partial charge in [0.05, 0.1) is 13.5 Å². The molecule has 0 fully saturated rings. The molecule has 0 aliphatic carbocycles. The number of methoxy groups -OCH3 is 1. The maximum Gasteiger partial charge on any atom is 0.310 e. The number of hydrogen-bond donors (Lipinski definition) is 1. The fraction of sp³-hybridized carbons (Fsp3) is 0.211. The van der Waals surface area contributed by atoms with Crippen LogP contribution in [-0.2, 0) is 20.7 Å². The Hall–Kier alpha value is -3.22. The van der Waals surface area contributed by atoms with Crippen LogP contribution in [0.25, 0.3) is 0 Å². The van der Waals surface area contributed by atoms with Gasteiger partial charge in [0.15, 0.2) is 12.4 Å². The Bertz CT molecular complexity index is 834. The Labute approximate surface area is 149 Å². The molecule has 0 aromatic heterocycles. The van der Waals surface area contributed by atoms with Crippen LogP contribution >= 0.6 is 0 Å². The first kappa shape index (κ1) is 19.1. The minimum absolute atomic E-state index is 0.142. The van der Waals surface area contributed by atoms with Crippen LogP contribution in [0.1, 0.15) is 22.8 Å². The van der Waals surface area contributed by atoms with Crippen LogP contribution < -0.4 is 10.1 Å². The fourth-order valence-electron chi connectivity index (χ4n) is 2.25. The van der Waals surface area contributed by atoms with E-state index in [1.54, 1.807) is 18.2 Å². The van der Waals surface area contributed by atoms with Crippen LogP contribution in [0.15, 0.2) is 42.5 Å². The smallest absolute Gasteiger partial charge is 0.310 e. The molecular weight excluding hydrogens is 341 g/mol. The van der Waals surface area contributed by atoms with Gasteiger partial charge in [-0.2, -0.15) is 0 Å².